The smallest absolute Gasteiger partial charge is 0.253 e. The number of carbonyl (C=O) groups is 2. The van der Waals surface area contributed by atoms with Crippen LogP contribution in [0.1, 0.15) is 42.6 Å². The van der Waals surface area contributed by atoms with E-state index < -0.39 is 0 Å². The molecule has 1 fully saturated rings. The van der Waals surface area contributed by atoms with Crippen molar-refractivity contribution < 1.29 is 14.0 Å². The molecule has 3 rings (SSSR count). The molecule has 148 valence electrons. The van der Waals surface area contributed by atoms with Gasteiger partial charge in [-0.1, -0.05) is 44.2 Å². The number of rotatable bonds is 5. The van der Waals surface area contributed by atoms with Crippen molar-refractivity contribution in [3.8, 4) is 0 Å². The molecule has 1 N–H and O–H groups in total. The molecule has 0 radical (unpaired) electrons. The van der Waals surface area contributed by atoms with E-state index >= 15 is 0 Å². The summed E-state index contributed by atoms with van der Waals surface area (Å²) in [6.07, 6.45) is 1.55. The zero-order chi connectivity index (χ0) is 20.1. The van der Waals surface area contributed by atoms with E-state index in [-0.39, 0.29) is 29.0 Å². The highest BCUT2D eigenvalue weighted by atomic mass is 19.1. The summed E-state index contributed by atoms with van der Waals surface area (Å²) in [4.78, 5) is 27.1. The monoisotopic (exact) mass is 382 g/mol. The fourth-order valence-corrected chi connectivity index (χ4v) is 3.59. The predicted molar refractivity (Wildman–Crippen MR) is 108 cm³/mol. The molecule has 1 heterocycles. The van der Waals surface area contributed by atoms with E-state index in [2.05, 4.69) is 31.3 Å². The molecule has 2 aromatic rings. The number of carbonyl (C=O) groups excluding carboxylic acids is 2. The first-order chi connectivity index (χ1) is 13.4. The quantitative estimate of drug-likeness (QED) is 0.856. The number of nitrogens with one attached hydrogen (secondary N) is 1. The van der Waals surface area contributed by atoms with Gasteiger partial charge in [0.05, 0.1) is 5.92 Å². The maximum Gasteiger partial charge on any atom is 0.253 e. The van der Waals surface area contributed by atoms with Crippen molar-refractivity contribution in [2.75, 3.05) is 19.6 Å². The number of amides is 2. The number of nitrogens with zero attached hydrogens (tertiary/aromatic N) is 1. The van der Waals surface area contributed by atoms with Crippen LogP contribution in [0.2, 0.25) is 0 Å². The van der Waals surface area contributed by atoms with Crippen molar-refractivity contribution in [1.29, 1.82) is 0 Å². The van der Waals surface area contributed by atoms with Crippen LogP contribution in [0.15, 0.2) is 54.6 Å². The molecule has 0 aromatic heterocycles. The van der Waals surface area contributed by atoms with Gasteiger partial charge >= 0.3 is 0 Å². The van der Waals surface area contributed by atoms with E-state index in [4.69, 9.17) is 0 Å². The Hall–Kier alpha value is -2.69. The second-order valence-electron chi connectivity index (χ2n) is 8.06. The molecule has 0 spiro atoms. The first kappa shape index (κ1) is 20.1. The number of benzene rings is 2. The average molecular weight is 382 g/mol. The Bertz CT molecular complexity index is 818. The number of piperidine rings is 1. The Morgan fingerprint density at radius 2 is 1.79 bits per heavy atom. The maximum absolute atomic E-state index is 13.1. The summed E-state index contributed by atoms with van der Waals surface area (Å²) in [6, 6.07) is 15.7. The van der Waals surface area contributed by atoms with Crippen LogP contribution in [0.4, 0.5) is 4.39 Å². The molecule has 2 amide bonds. The van der Waals surface area contributed by atoms with Crippen molar-refractivity contribution >= 4 is 11.8 Å². The number of hydrogen-bond acceptors (Lipinski definition) is 2. The predicted octanol–water partition coefficient (Wildman–Crippen LogP) is 3.77. The fourth-order valence-electron chi connectivity index (χ4n) is 3.59. The Kier molecular flexibility index (Phi) is 6.12. The molecular weight excluding hydrogens is 355 g/mol. The molecular formula is C23H27FN2O2. The molecule has 0 saturated carbocycles. The molecule has 1 atom stereocenters. The standard InChI is InChI=1S/C23H27FN2O2/c1-23(2,19-8-4-3-5-9-19)16-25-21(27)18-7-6-14-26(15-18)22(28)17-10-12-20(24)13-11-17/h3-5,8-13,18H,6-7,14-16H2,1-2H3,(H,25,27). The minimum absolute atomic E-state index is 0.0133. The molecule has 2 aromatic carbocycles. The molecule has 1 saturated heterocycles. The lowest BCUT2D eigenvalue weighted by Gasteiger charge is -2.33. The summed E-state index contributed by atoms with van der Waals surface area (Å²) in [6.45, 7) is 5.77. The van der Waals surface area contributed by atoms with E-state index in [1.54, 1.807) is 4.90 Å². The fraction of sp³-hybridized carbons (Fsp3) is 0.391. The van der Waals surface area contributed by atoms with Gasteiger partial charge in [0, 0.05) is 30.6 Å². The maximum atomic E-state index is 13.1. The lowest BCUT2D eigenvalue weighted by molar-refractivity contribution is -0.126. The molecule has 1 unspecified atom stereocenters. The third kappa shape index (κ3) is 4.77. The van der Waals surface area contributed by atoms with Crippen LogP contribution >= 0.6 is 0 Å². The van der Waals surface area contributed by atoms with Crippen LogP contribution in [0.3, 0.4) is 0 Å². The van der Waals surface area contributed by atoms with Gasteiger partial charge in [0.2, 0.25) is 5.91 Å². The number of likely N-dealkylation sites (tertiary alicyclic amines) is 1. The first-order valence-electron chi connectivity index (χ1n) is 9.75. The molecule has 0 bridgehead atoms. The summed E-state index contributed by atoms with van der Waals surface area (Å²) in [5.41, 5.74) is 1.45. The highest BCUT2D eigenvalue weighted by molar-refractivity contribution is 5.94. The second-order valence-corrected chi connectivity index (χ2v) is 8.06. The van der Waals surface area contributed by atoms with E-state index in [1.165, 1.54) is 29.8 Å². The van der Waals surface area contributed by atoms with E-state index in [9.17, 15) is 14.0 Å². The summed E-state index contributed by atoms with van der Waals surface area (Å²) < 4.78 is 13.1. The van der Waals surface area contributed by atoms with Gasteiger partial charge in [0.1, 0.15) is 5.82 Å². The normalized spacial score (nSPS) is 17.2. The third-order valence-corrected chi connectivity index (χ3v) is 5.43. The minimum Gasteiger partial charge on any atom is -0.355 e. The van der Waals surface area contributed by atoms with E-state index in [0.717, 1.165) is 12.8 Å². The van der Waals surface area contributed by atoms with Gasteiger partial charge in [-0.3, -0.25) is 9.59 Å². The van der Waals surface area contributed by atoms with Gasteiger partial charge in [0.25, 0.3) is 5.91 Å². The number of hydrogen-bond donors (Lipinski definition) is 1. The highest BCUT2D eigenvalue weighted by Gasteiger charge is 2.30. The van der Waals surface area contributed by atoms with Gasteiger partial charge in [-0.2, -0.15) is 0 Å². The topological polar surface area (TPSA) is 49.4 Å². The molecule has 4 nitrogen and oxygen atoms in total. The van der Waals surface area contributed by atoms with Gasteiger partial charge in [-0.15, -0.1) is 0 Å². The van der Waals surface area contributed by atoms with Crippen molar-refractivity contribution in [3.63, 3.8) is 0 Å². The zero-order valence-corrected chi connectivity index (χ0v) is 16.5. The van der Waals surface area contributed by atoms with Crippen LogP contribution in [0, 0.1) is 11.7 Å². The molecule has 0 aliphatic carbocycles. The average Bonchev–Trinajstić information content (AvgIpc) is 2.73. The first-order valence-corrected chi connectivity index (χ1v) is 9.75. The summed E-state index contributed by atoms with van der Waals surface area (Å²) in [5.74, 6) is -0.749. The van der Waals surface area contributed by atoms with Crippen LogP contribution in [-0.4, -0.2) is 36.3 Å². The van der Waals surface area contributed by atoms with Crippen molar-refractivity contribution in [2.24, 2.45) is 5.92 Å². The summed E-state index contributed by atoms with van der Waals surface area (Å²) in [7, 11) is 0. The van der Waals surface area contributed by atoms with Crippen LogP contribution in [-0.2, 0) is 10.2 Å². The number of halogens is 1. The molecule has 28 heavy (non-hydrogen) atoms. The van der Waals surface area contributed by atoms with Crippen molar-refractivity contribution in [2.45, 2.75) is 32.1 Å². The van der Waals surface area contributed by atoms with Crippen LogP contribution in [0.5, 0.6) is 0 Å². The van der Waals surface area contributed by atoms with Gasteiger partial charge in [-0.05, 0) is 42.7 Å². The van der Waals surface area contributed by atoms with E-state index in [0.29, 0.717) is 25.2 Å². The Morgan fingerprint density at radius 1 is 1.11 bits per heavy atom. The largest absolute Gasteiger partial charge is 0.355 e. The van der Waals surface area contributed by atoms with Crippen molar-refractivity contribution in [3.05, 3.63) is 71.5 Å². The van der Waals surface area contributed by atoms with Crippen LogP contribution < -0.4 is 5.32 Å². The Balaban J connectivity index is 1.58. The highest BCUT2D eigenvalue weighted by Crippen LogP contribution is 2.23. The van der Waals surface area contributed by atoms with E-state index in [1.807, 2.05) is 18.2 Å². The van der Waals surface area contributed by atoms with Gasteiger partial charge in [0.15, 0.2) is 0 Å². The Labute approximate surface area is 165 Å². The molecule has 1 aliphatic heterocycles. The molecule has 5 heteroatoms. The van der Waals surface area contributed by atoms with Gasteiger partial charge in [-0.25, -0.2) is 4.39 Å². The van der Waals surface area contributed by atoms with Crippen molar-refractivity contribution in [1.82, 2.24) is 10.2 Å². The summed E-state index contributed by atoms with van der Waals surface area (Å²) >= 11 is 0. The third-order valence-electron chi connectivity index (χ3n) is 5.43. The molecule has 1 aliphatic rings. The Morgan fingerprint density at radius 3 is 2.46 bits per heavy atom. The lowest BCUT2D eigenvalue weighted by atomic mass is 9.84. The zero-order valence-electron chi connectivity index (χ0n) is 16.5. The van der Waals surface area contributed by atoms with Crippen LogP contribution in [0.25, 0.3) is 0 Å². The summed E-state index contributed by atoms with van der Waals surface area (Å²) in [5, 5.41) is 3.07. The lowest BCUT2D eigenvalue weighted by Crippen LogP contribution is -2.47. The second kappa shape index (κ2) is 8.55. The minimum atomic E-state index is -0.367. The SMILES string of the molecule is CC(C)(CNC(=O)C1CCCN(C(=O)c2ccc(F)cc2)C1)c1ccccc1. The van der Waals surface area contributed by atoms with Gasteiger partial charge < -0.3 is 10.2 Å².